The van der Waals surface area contributed by atoms with Gasteiger partial charge < -0.3 is 34.3 Å². The van der Waals surface area contributed by atoms with Crippen LogP contribution < -0.4 is 9.95 Å². The van der Waals surface area contributed by atoms with Gasteiger partial charge in [0.05, 0.1) is 0 Å². The van der Waals surface area contributed by atoms with Crippen LogP contribution in [0.2, 0.25) is 0 Å². The zero-order valence-corrected chi connectivity index (χ0v) is 19.1. The molecule has 0 aliphatic carbocycles. The van der Waals surface area contributed by atoms with Crippen LogP contribution in [0.5, 0.6) is 28.7 Å². The molecule has 0 spiro atoms. The summed E-state index contributed by atoms with van der Waals surface area (Å²) in [4.78, 5) is 32.4. The molecule has 0 bridgehead atoms. The molecule has 0 unspecified atom stereocenters. The Kier molecular flexibility index (Phi) is 8.34. The number of hydrogen-bond acceptors (Lipinski definition) is 9. The van der Waals surface area contributed by atoms with Gasteiger partial charge in [-0.25, -0.2) is 4.57 Å². The number of aromatic hydroxyl groups is 4. The van der Waals surface area contributed by atoms with Crippen LogP contribution in [0.4, 0.5) is 0 Å². The fourth-order valence-corrected chi connectivity index (χ4v) is 3.40. The van der Waals surface area contributed by atoms with Gasteiger partial charge in [-0.15, -0.1) is 0 Å². The van der Waals surface area contributed by atoms with E-state index in [9.17, 15) is 29.8 Å². The van der Waals surface area contributed by atoms with Crippen LogP contribution in [0.3, 0.4) is 0 Å². The molecule has 6 N–H and O–H groups in total. The topological polar surface area (TPSA) is 181 Å². The van der Waals surface area contributed by atoms with Gasteiger partial charge in [-0.2, -0.15) is 0 Å². The Morgan fingerprint density at radius 1 is 0.939 bits per heavy atom. The number of phosphoric acid groups is 1. The number of benzene rings is 2. The smallest absolute Gasteiger partial charge is 0.508 e. The van der Waals surface area contributed by atoms with E-state index in [-0.39, 0.29) is 16.5 Å². The minimum absolute atomic E-state index is 0.0643. The summed E-state index contributed by atoms with van der Waals surface area (Å²) in [6, 6.07) is 5.05. The van der Waals surface area contributed by atoms with Gasteiger partial charge >= 0.3 is 7.82 Å². The molecule has 0 aliphatic rings. The fourth-order valence-electron chi connectivity index (χ4n) is 3.00. The van der Waals surface area contributed by atoms with Gasteiger partial charge in [0.2, 0.25) is 11.2 Å². The van der Waals surface area contributed by atoms with Crippen LogP contribution in [-0.2, 0) is 4.57 Å². The molecule has 0 amide bonds. The lowest BCUT2D eigenvalue weighted by Crippen LogP contribution is -2.21. The van der Waals surface area contributed by atoms with E-state index in [1.165, 1.54) is 25.7 Å². The third kappa shape index (κ3) is 6.39. The summed E-state index contributed by atoms with van der Waals surface area (Å²) in [5.41, 5.74) is -1.30. The summed E-state index contributed by atoms with van der Waals surface area (Å²) in [5.74, 6) is -3.54. The van der Waals surface area contributed by atoms with Crippen molar-refractivity contribution < 1.29 is 43.7 Å². The molecule has 0 atom stereocenters. The highest BCUT2D eigenvalue weighted by atomic mass is 31.2. The first-order chi connectivity index (χ1) is 15.4. The van der Waals surface area contributed by atoms with Gasteiger partial charge in [0, 0.05) is 17.7 Å². The number of phenolic OH excluding ortho intramolecular Hbond substituents is 3. The van der Waals surface area contributed by atoms with Crippen molar-refractivity contribution in [1.82, 2.24) is 4.90 Å². The Balaban J connectivity index is 0.000000479. The van der Waals surface area contributed by atoms with E-state index >= 15 is 0 Å². The molecule has 33 heavy (non-hydrogen) atoms. The maximum Gasteiger partial charge on any atom is 0.524 e. The van der Waals surface area contributed by atoms with Gasteiger partial charge in [-0.1, -0.05) is 20.8 Å². The van der Waals surface area contributed by atoms with E-state index < -0.39 is 47.8 Å². The molecule has 0 saturated heterocycles. The molecule has 180 valence electrons. The quantitative estimate of drug-likeness (QED) is 0.283. The molecule has 3 aromatic rings. The Hall–Kier alpha value is -3.24. The van der Waals surface area contributed by atoms with Crippen molar-refractivity contribution in [3.8, 4) is 40.1 Å². The van der Waals surface area contributed by atoms with Gasteiger partial charge in [0.15, 0.2) is 17.3 Å². The molecular formula is C21H26NO10P. The zero-order valence-electron chi connectivity index (χ0n) is 18.2. The first-order valence-corrected chi connectivity index (χ1v) is 11.5. The van der Waals surface area contributed by atoms with Gasteiger partial charge in [0.25, 0.3) is 0 Å². The number of phenols is 3. The van der Waals surface area contributed by atoms with Crippen LogP contribution in [-0.4, -0.2) is 54.7 Å². The van der Waals surface area contributed by atoms with Crippen LogP contribution in [0.15, 0.2) is 39.5 Å². The van der Waals surface area contributed by atoms with E-state index in [0.29, 0.717) is 0 Å². The summed E-state index contributed by atoms with van der Waals surface area (Å²) in [5, 5.41) is 38.6. The second kappa shape index (κ2) is 10.6. The predicted octanol–water partition coefficient (Wildman–Crippen LogP) is 3.10. The molecule has 2 aromatic carbocycles. The highest BCUT2D eigenvalue weighted by molar-refractivity contribution is 7.46. The Labute approximate surface area is 189 Å². The second-order valence-corrected chi connectivity index (χ2v) is 7.99. The van der Waals surface area contributed by atoms with Crippen LogP contribution in [0.1, 0.15) is 20.8 Å². The highest BCUT2D eigenvalue weighted by Gasteiger charge is 2.22. The van der Waals surface area contributed by atoms with Crippen molar-refractivity contribution >= 4 is 18.8 Å². The van der Waals surface area contributed by atoms with Gasteiger partial charge in [0.1, 0.15) is 22.5 Å². The number of fused-ring (bicyclic) bond motifs is 1. The Morgan fingerprint density at radius 2 is 1.55 bits per heavy atom. The largest absolute Gasteiger partial charge is 0.524 e. The first kappa shape index (κ1) is 26.0. The lowest BCUT2D eigenvalue weighted by Gasteiger charge is -2.13. The van der Waals surface area contributed by atoms with E-state index in [1.807, 2.05) is 0 Å². The van der Waals surface area contributed by atoms with E-state index in [4.69, 9.17) is 14.2 Å². The van der Waals surface area contributed by atoms with Crippen molar-refractivity contribution in [2.24, 2.45) is 0 Å². The number of hydrogen-bond donors (Lipinski definition) is 6. The molecule has 0 fully saturated rings. The molecule has 1 heterocycles. The van der Waals surface area contributed by atoms with Crippen molar-refractivity contribution in [1.29, 1.82) is 0 Å². The number of nitrogens with zero attached hydrogens (tertiary/aromatic N) is 1. The molecule has 3 rings (SSSR count). The van der Waals surface area contributed by atoms with E-state index in [2.05, 4.69) is 30.2 Å². The van der Waals surface area contributed by atoms with Crippen LogP contribution in [0, 0.1) is 0 Å². The minimum Gasteiger partial charge on any atom is -0.508 e. The van der Waals surface area contributed by atoms with E-state index in [1.54, 1.807) is 0 Å². The third-order valence-corrected chi connectivity index (χ3v) is 5.15. The zero-order chi connectivity index (χ0) is 24.9. The van der Waals surface area contributed by atoms with Crippen LogP contribution >= 0.6 is 7.82 Å². The van der Waals surface area contributed by atoms with Crippen molar-refractivity contribution in [2.75, 3.05) is 19.6 Å². The van der Waals surface area contributed by atoms with Gasteiger partial charge in [-0.05, 0) is 37.8 Å². The maximum absolute atomic E-state index is 12.3. The average Bonchev–Trinajstić information content (AvgIpc) is 2.72. The molecular weight excluding hydrogens is 457 g/mol. The molecule has 0 saturated carbocycles. The molecule has 1 aromatic heterocycles. The predicted molar refractivity (Wildman–Crippen MR) is 121 cm³/mol. The first-order valence-electron chi connectivity index (χ1n) is 9.94. The second-order valence-electron chi connectivity index (χ2n) is 6.83. The van der Waals surface area contributed by atoms with Gasteiger partial charge in [-0.3, -0.25) is 14.6 Å². The number of phosphoric ester groups is 1. The van der Waals surface area contributed by atoms with E-state index in [0.717, 1.165) is 24.3 Å². The lowest BCUT2D eigenvalue weighted by atomic mass is 10.1. The molecule has 0 aliphatic heterocycles. The van der Waals surface area contributed by atoms with Crippen LogP contribution in [0.25, 0.3) is 22.3 Å². The van der Waals surface area contributed by atoms with Crippen molar-refractivity contribution in [3.05, 3.63) is 40.6 Å². The summed E-state index contributed by atoms with van der Waals surface area (Å²) in [6.07, 6.45) is 0. The summed E-state index contributed by atoms with van der Waals surface area (Å²) in [7, 11) is -4.98. The summed E-state index contributed by atoms with van der Waals surface area (Å²) in [6.45, 7) is 10.1. The molecule has 11 nitrogen and oxygen atoms in total. The minimum atomic E-state index is -4.98. The highest BCUT2D eigenvalue weighted by Crippen LogP contribution is 2.44. The monoisotopic (exact) mass is 483 g/mol. The summed E-state index contributed by atoms with van der Waals surface area (Å²) >= 11 is 0. The SMILES string of the molecule is CCN(CC)CC.O=c1c(O)c(-c2ccc(O)c(OP(=O)(O)O)c2)oc2cc(O)cc(O)c12. The Bertz CT molecular complexity index is 1220. The van der Waals surface area contributed by atoms with Crippen molar-refractivity contribution in [2.45, 2.75) is 20.8 Å². The normalized spacial score (nSPS) is 11.3. The summed E-state index contributed by atoms with van der Waals surface area (Å²) < 4.78 is 20.6. The average molecular weight is 483 g/mol. The van der Waals surface area contributed by atoms with Crippen molar-refractivity contribution in [3.63, 3.8) is 0 Å². The fraction of sp³-hybridized carbons (Fsp3) is 0.286. The maximum atomic E-state index is 12.3. The molecule has 0 radical (unpaired) electrons. The third-order valence-electron chi connectivity index (χ3n) is 4.72. The standard InChI is InChI=1S/C15H11O10P.C6H15N/c16-7-4-9(18)12-11(5-7)24-15(14(20)13(12)19)6-1-2-8(17)10(3-6)25-26(21,22)23;1-4-7(5-2)6-3/h1-5,16-18,20H,(H2,21,22,23);4-6H2,1-3H3. The molecule has 12 heteroatoms. The number of rotatable bonds is 6. The lowest BCUT2D eigenvalue weighted by molar-refractivity contribution is 0.278. The Morgan fingerprint density at radius 3 is 2.06 bits per heavy atom.